The summed E-state index contributed by atoms with van der Waals surface area (Å²) in [5.41, 5.74) is 8.29. The van der Waals surface area contributed by atoms with E-state index in [0.717, 1.165) is 5.56 Å². The third-order valence-corrected chi connectivity index (χ3v) is 3.46. The standard InChI is InChI=1S/C18H24N4O2/c1-4-24-14-5-6-16(19)15(10-14)18(20)13-7-8-21-17(9-13)22-12(2)11-23-3/h5-10,12,20H,4,11,19H2,1-3H3,(H,21,22)/t12-/m0/s1. The molecular formula is C18H24N4O2. The first-order chi connectivity index (χ1) is 11.5. The fraction of sp³-hybridized carbons (Fsp3) is 0.333. The Morgan fingerprint density at radius 1 is 1.33 bits per heavy atom. The van der Waals surface area contributed by atoms with Crippen molar-refractivity contribution >= 4 is 17.2 Å². The van der Waals surface area contributed by atoms with Gasteiger partial charge in [0.2, 0.25) is 0 Å². The number of nitrogens with two attached hydrogens (primary N) is 1. The number of anilines is 2. The summed E-state index contributed by atoms with van der Waals surface area (Å²) in [6, 6.07) is 9.11. The van der Waals surface area contributed by atoms with Crippen molar-refractivity contribution in [1.82, 2.24) is 4.98 Å². The van der Waals surface area contributed by atoms with Crippen LogP contribution in [0.3, 0.4) is 0 Å². The van der Waals surface area contributed by atoms with Crippen LogP contribution in [0, 0.1) is 5.41 Å². The highest BCUT2D eigenvalue weighted by molar-refractivity contribution is 6.14. The average molecular weight is 328 g/mol. The lowest BCUT2D eigenvalue weighted by molar-refractivity contribution is 0.190. The van der Waals surface area contributed by atoms with Gasteiger partial charge in [0.05, 0.1) is 18.9 Å². The molecule has 4 N–H and O–H groups in total. The predicted molar refractivity (Wildman–Crippen MR) is 97.2 cm³/mol. The Morgan fingerprint density at radius 2 is 2.12 bits per heavy atom. The Morgan fingerprint density at radius 3 is 2.83 bits per heavy atom. The Kier molecular flexibility index (Phi) is 6.14. The first-order valence-corrected chi connectivity index (χ1v) is 7.88. The van der Waals surface area contributed by atoms with Crippen molar-refractivity contribution in [2.24, 2.45) is 0 Å². The molecule has 0 aliphatic heterocycles. The molecule has 0 aliphatic carbocycles. The van der Waals surface area contributed by atoms with E-state index in [1.54, 1.807) is 31.5 Å². The third kappa shape index (κ3) is 4.45. The van der Waals surface area contributed by atoms with Crippen LogP contribution in [0.5, 0.6) is 5.75 Å². The van der Waals surface area contributed by atoms with Crippen LogP contribution >= 0.6 is 0 Å². The summed E-state index contributed by atoms with van der Waals surface area (Å²) >= 11 is 0. The maximum absolute atomic E-state index is 8.48. The van der Waals surface area contributed by atoms with Crippen molar-refractivity contribution in [2.45, 2.75) is 19.9 Å². The number of nitrogens with one attached hydrogen (secondary N) is 2. The lowest BCUT2D eigenvalue weighted by Gasteiger charge is -2.15. The van der Waals surface area contributed by atoms with Crippen LogP contribution in [0.15, 0.2) is 36.5 Å². The molecule has 6 nitrogen and oxygen atoms in total. The van der Waals surface area contributed by atoms with Gasteiger partial charge in [-0.25, -0.2) is 4.98 Å². The maximum Gasteiger partial charge on any atom is 0.126 e. The van der Waals surface area contributed by atoms with Crippen molar-refractivity contribution in [3.63, 3.8) is 0 Å². The predicted octanol–water partition coefficient (Wildman–Crippen LogP) is 2.93. The molecule has 1 atom stereocenters. The number of hydrogen-bond donors (Lipinski definition) is 3. The fourth-order valence-electron chi connectivity index (χ4n) is 2.37. The molecule has 2 aromatic rings. The van der Waals surface area contributed by atoms with Crippen LogP contribution in [-0.2, 0) is 4.74 Å². The SMILES string of the molecule is CCOc1ccc(N)c(C(=N)c2ccnc(N[C@@H](C)COC)c2)c1. The van der Waals surface area contributed by atoms with Gasteiger partial charge in [-0.3, -0.25) is 5.41 Å². The highest BCUT2D eigenvalue weighted by atomic mass is 16.5. The van der Waals surface area contributed by atoms with Crippen molar-refractivity contribution in [2.75, 3.05) is 31.4 Å². The van der Waals surface area contributed by atoms with Gasteiger partial charge in [-0.1, -0.05) is 0 Å². The second kappa shape index (κ2) is 8.31. The summed E-state index contributed by atoms with van der Waals surface area (Å²) in [6.07, 6.45) is 1.67. The zero-order valence-electron chi connectivity index (χ0n) is 14.3. The van der Waals surface area contributed by atoms with Gasteiger partial charge in [0.1, 0.15) is 11.6 Å². The number of hydrogen-bond acceptors (Lipinski definition) is 6. The molecule has 1 aromatic heterocycles. The van der Waals surface area contributed by atoms with E-state index in [1.807, 2.05) is 26.0 Å². The van der Waals surface area contributed by atoms with Crippen LogP contribution < -0.4 is 15.8 Å². The van der Waals surface area contributed by atoms with E-state index in [9.17, 15) is 0 Å². The van der Waals surface area contributed by atoms with Gasteiger partial charge in [-0.15, -0.1) is 0 Å². The number of ether oxygens (including phenoxy) is 2. The van der Waals surface area contributed by atoms with E-state index in [1.165, 1.54) is 0 Å². The summed E-state index contributed by atoms with van der Waals surface area (Å²) in [5.74, 6) is 1.40. The van der Waals surface area contributed by atoms with Crippen molar-refractivity contribution in [3.8, 4) is 5.75 Å². The number of methoxy groups -OCH3 is 1. The Hall–Kier alpha value is -2.60. The summed E-state index contributed by atoms with van der Waals surface area (Å²) in [4.78, 5) is 4.29. The quantitative estimate of drug-likeness (QED) is 0.512. The first kappa shape index (κ1) is 17.7. The zero-order valence-corrected chi connectivity index (χ0v) is 14.3. The summed E-state index contributed by atoms with van der Waals surface area (Å²) in [7, 11) is 1.66. The minimum absolute atomic E-state index is 0.123. The van der Waals surface area contributed by atoms with Crippen LogP contribution in [0.2, 0.25) is 0 Å². The normalized spacial score (nSPS) is 11.8. The van der Waals surface area contributed by atoms with Gasteiger partial charge < -0.3 is 20.5 Å². The van der Waals surface area contributed by atoms with Crippen molar-refractivity contribution < 1.29 is 9.47 Å². The third-order valence-electron chi connectivity index (χ3n) is 3.46. The molecule has 1 heterocycles. The van der Waals surface area contributed by atoms with Gasteiger partial charge in [-0.05, 0) is 44.2 Å². The number of aromatic nitrogens is 1. The summed E-state index contributed by atoms with van der Waals surface area (Å²) < 4.78 is 10.6. The maximum atomic E-state index is 8.48. The second-order valence-corrected chi connectivity index (χ2v) is 5.49. The molecule has 24 heavy (non-hydrogen) atoms. The minimum Gasteiger partial charge on any atom is -0.494 e. The smallest absolute Gasteiger partial charge is 0.126 e. The summed E-state index contributed by atoms with van der Waals surface area (Å²) in [5, 5.41) is 11.7. The Balaban J connectivity index is 2.25. The molecule has 0 aliphatic rings. The first-order valence-electron chi connectivity index (χ1n) is 7.88. The molecule has 2 rings (SSSR count). The Bertz CT molecular complexity index is 703. The molecule has 0 bridgehead atoms. The molecule has 0 amide bonds. The molecule has 0 unspecified atom stereocenters. The van der Waals surface area contributed by atoms with Crippen molar-refractivity contribution in [3.05, 3.63) is 47.7 Å². The van der Waals surface area contributed by atoms with Crippen LogP contribution in [-0.4, -0.2) is 37.1 Å². The van der Waals surface area contributed by atoms with E-state index >= 15 is 0 Å². The monoisotopic (exact) mass is 328 g/mol. The van der Waals surface area contributed by atoms with E-state index in [0.29, 0.717) is 41.7 Å². The van der Waals surface area contributed by atoms with Crippen molar-refractivity contribution in [1.29, 1.82) is 5.41 Å². The highest BCUT2D eigenvalue weighted by Gasteiger charge is 2.12. The molecule has 6 heteroatoms. The van der Waals surface area contributed by atoms with Crippen LogP contribution in [0.1, 0.15) is 25.0 Å². The number of rotatable bonds is 8. The van der Waals surface area contributed by atoms with Crippen LogP contribution in [0.4, 0.5) is 11.5 Å². The molecule has 0 saturated carbocycles. The van der Waals surface area contributed by atoms with E-state index < -0.39 is 0 Å². The number of nitrogens with zero attached hydrogens (tertiary/aromatic N) is 1. The van der Waals surface area contributed by atoms with Gasteiger partial charge in [0.25, 0.3) is 0 Å². The van der Waals surface area contributed by atoms with E-state index in [2.05, 4.69) is 10.3 Å². The number of nitrogen functional groups attached to an aromatic ring is 1. The average Bonchev–Trinajstić information content (AvgIpc) is 2.56. The molecule has 1 aromatic carbocycles. The Labute approximate surface area is 142 Å². The number of benzene rings is 1. The molecule has 128 valence electrons. The van der Waals surface area contributed by atoms with Gasteiger partial charge in [0, 0.05) is 36.2 Å². The zero-order chi connectivity index (χ0) is 17.5. The van der Waals surface area contributed by atoms with Gasteiger partial charge in [0.15, 0.2) is 0 Å². The lowest BCUT2D eigenvalue weighted by atomic mass is 10.0. The molecule has 0 saturated heterocycles. The number of pyridine rings is 1. The lowest BCUT2D eigenvalue weighted by Crippen LogP contribution is -2.21. The molecule has 0 radical (unpaired) electrons. The van der Waals surface area contributed by atoms with Gasteiger partial charge in [-0.2, -0.15) is 0 Å². The van der Waals surface area contributed by atoms with E-state index in [-0.39, 0.29) is 6.04 Å². The highest BCUT2D eigenvalue weighted by Crippen LogP contribution is 2.23. The molecule has 0 spiro atoms. The largest absolute Gasteiger partial charge is 0.494 e. The van der Waals surface area contributed by atoms with Gasteiger partial charge >= 0.3 is 0 Å². The van der Waals surface area contributed by atoms with E-state index in [4.69, 9.17) is 20.6 Å². The summed E-state index contributed by atoms with van der Waals surface area (Å²) in [6.45, 7) is 5.07. The topological polar surface area (TPSA) is 93.3 Å². The fourth-order valence-corrected chi connectivity index (χ4v) is 2.37. The molecule has 0 fully saturated rings. The molecular weight excluding hydrogens is 304 g/mol. The second-order valence-electron chi connectivity index (χ2n) is 5.49. The van der Waals surface area contributed by atoms with Crippen LogP contribution in [0.25, 0.3) is 0 Å². The minimum atomic E-state index is 0.123.